The van der Waals surface area contributed by atoms with Gasteiger partial charge in [-0.05, 0) is 57.3 Å². The van der Waals surface area contributed by atoms with Gasteiger partial charge in [-0.1, -0.05) is 27.7 Å². The molecule has 3 atom stereocenters. The largest absolute Gasteiger partial charge is 0.379 e. The van der Waals surface area contributed by atoms with Crippen LogP contribution >= 0.6 is 11.8 Å². The fourth-order valence-corrected chi connectivity index (χ4v) is 7.61. The molecule has 308 valence electrons. The maximum atomic E-state index is 13.0. The topological polar surface area (TPSA) is 229 Å². The number of Topliss-reactive ketones (excluding diaryl/α,β-unsaturated/α-hetero) is 2. The van der Waals surface area contributed by atoms with Gasteiger partial charge in [0.05, 0.1) is 31.1 Å². The van der Waals surface area contributed by atoms with Gasteiger partial charge in [-0.15, -0.1) is 11.8 Å². The fraction of sp³-hybridized carbons (Fsp3) is 0.816. The third-order valence-corrected chi connectivity index (χ3v) is 11.0. The number of likely N-dealkylation sites (tertiary alicyclic amines) is 1. The van der Waals surface area contributed by atoms with E-state index in [1.807, 2.05) is 13.8 Å². The van der Waals surface area contributed by atoms with Gasteiger partial charge < -0.3 is 36.9 Å². The minimum Gasteiger partial charge on any atom is -0.379 e. The first kappa shape index (κ1) is 47.2. The van der Waals surface area contributed by atoms with Gasteiger partial charge in [0.2, 0.25) is 29.5 Å². The second-order valence-corrected chi connectivity index (χ2v) is 16.3. The molecule has 0 radical (unpaired) electrons. The fourth-order valence-electron chi connectivity index (χ4n) is 6.49. The summed E-state index contributed by atoms with van der Waals surface area (Å²) in [7, 11) is 0. The molecule has 2 aliphatic rings. The van der Waals surface area contributed by atoms with Crippen LogP contribution in [0.2, 0.25) is 0 Å². The number of unbranched alkanes of at least 4 members (excludes halogenated alkanes) is 1. The van der Waals surface area contributed by atoms with Gasteiger partial charge in [-0.2, -0.15) is 0 Å². The summed E-state index contributed by atoms with van der Waals surface area (Å²) < 4.78 is 10.9. The smallest absolute Gasteiger partial charge is 0.242 e. The lowest BCUT2D eigenvalue weighted by atomic mass is 9.77. The predicted octanol–water partition coefficient (Wildman–Crippen LogP) is 1.62. The molecule has 2 fully saturated rings. The normalized spacial score (nSPS) is 20.0. The number of primary amides is 1. The van der Waals surface area contributed by atoms with Gasteiger partial charge in [0.1, 0.15) is 17.6 Å². The standard InChI is InChI=1S/C38H66N6O9S/c1-25(2)35(48)28-12-10-27(11-13-28)23-44-34(47)22-32(38(44)51)54-24-30(39)37(50)42-16-6-5-9-31(36(40)49)43-33(46)15-14-29(45)8-7-18-52-20-21-53-19-17-41-26(3)4/h25-28,30-32,41H,5-24,39H2,1-4H3,(H2,40,49)(H,42,50)(H,43,46)/t27?,28?,30-,31+,32?/m1/s1. The van der Waals surface area contributed by atoms with Crippen LogP contribution in [0.1, 0.15) is 105 Å². The number of ether oxygens (including phenoxy) is 2. The molecule has 0 spiro atoms. The molecule has 0 aromatic rings. The van der Waals surface area contributed by atoms with Gasteiger partial charge >= 0.3 is 0 Å². The van der Waals surface area contributed by atoms with Crippen LogP contribution in [0, 0.1) is 17.8 Å². The Labute approximate surface area is 325 Å². The molecule has 1 aliphatic heterocycles. The van der Waals surface area contributed by atoms with E-state index < -0.39 is 29.1 Å². The zero-order valence-electron chi connectivity index (χ0n) is 32.9. The zero-order chi connectivity index (χ0) is 40.0. The summed E-state index contributed by atoms with van der Waals surface area (Å²) in [6.07, 6.45) is 5.40. The van der Waals surface area contributed by atoms with Crippen molar-refractivity contribution in [2.75, 3.05) is 51.8 Å². The molecule has 0 bridgehead atoms. The third-order valence-electron chi connectivity index (χ3n) is 9.72. The molecule has 1 saturated carbocycles. The molecule has 1 unspecified atom stereocenters. The minimum absolute atomic E-state index is 0.0131. The van der Waals surface area contributed by atoms with Crippen molar-refractivity contribution in [3.63, 3.8) is 0 Å². The maximum Gasteiger partial charge on any atom is 0.242 e. The van der Waals surface area contributed by atoms with Crippen molar-refractivity contribution >= 4 is 52.9 Å². The average molecular weight is 783 g/mol. The number of imide groups is 1. The zero-order valence-corrected chi connectivity index (χ0v) is 33.7. The molecule has 15 nitrogen and oxygen atoms in total. The van der Waals surface area contributed by atoms with Crippen LogP contribution in [0.3, 0.4) is 0 Å². The quantitative estimate of drug-likeness (QED) is 0.0539. The highest BCUT2D eigenvalue weighted by molar-refractivity contribution is 8.00. The number of rotatable bonds is 29. The van der Waals surface area contributed by atoms with E-state index in [9.17, 15) is 33.6 Å². The van der Waals surface area contributed by atoms with Crippen LogP contribution in [0.25, 0.3) is 0 Å². The van der Waals surface area contributed by atoms with Crippen molar-refractivity contribution in [3.05, 3.63) is 0 Å². The summed E-state index contributed by atoms with van der Waals surface area (Å²) in [6, 6.07) is -1.36. The number of ketones is 2. The molecule has 1 aliphatic carbocycles. The number of nitrogens with two attached hydrogens (primary N) is 2. The second-order valence-electron chi connectivity index (χ2n) is 15.0. The van der Waals surface area contributed by atoms with Gasteiger partial charge in [0.15, 0.2) is 0 Å². The monoisotopic (exact) mass is 782 g/mol. The Morgan fingerprint density at radius 1 is 0.870 bits per heavy atom. The molecule has 1 saturated heterocycles. The number of carbonyl (C=O) groups is 7. The maximum absolute atomic E-state index is 13.0. The summed E-state index contributed by atoms with van der Waals surface area (Å²) in [4.78, 5) is 88.5. The van der Waals surface area contributed by atoms with Gasteiger partial charge in [0, 0.05) is 75.6 Å². The van der Waals surface area contributed by atoms with Crippen molar-refractivity contribution in [2.45, 2.75) is 128 Å². The van der Waals surface area contributed by atoms with E-state index in [1.54, 1.807) is 0 Å². The van der Waals surface area contributed by atoms with Crippen LogP contribution in [-0.2, 0) is 43.0 Å². The Bertz CT molecular complexity index is 1230. The number of carbonyl (C=O) groups excluding carboxylic acids is 7. The molecule has 7 N–H and O–H groups in total. The molecule has 1 heterocycles. The van der Waals surface area contributed by atoms with E-state index in [4.69, 9.17) is 20.9 Å². The van der Waals surface area contributed by atoms with Crippen molar-refractivity contribution in [1.82, 2.24) is 20.9 Å². The van der Waals surface area contributed by atoms with E-state index in [-0.39, 0.29) is 85.0 Å². The van der Waals surface area contributed by atoms with E-state index in [1.165, 1.54) is 16.7 Å². The molecule has 0 aromatic heterocycles. The summed E-state index contributed by atoms with van der Waals surface area (Å²) in [6.45, 7) is 11.4. The Kier molecular flexibility index (Phi) is 22.8. The Morgan fingerprint density at radius 3 is 2.20 bits per heavy atom. The van der Waals surface area contributed by atoms with E-state index >= 15 is 0 Å². The second kappa shape index (κ2) is 26.0. The van der Waals surface area contributed by atoms with Crippen LogP contribution < -0.4 is 27.4 Å². The van der Waals surface area contributed by atoms with Crippen molar-refractivity contribution in [1.29, 1.82) is 0 Å². The molecular formula is C38H66N6O9S. The van der Waals surface area contributed by atoms with Crippen LogP contribution in [0.4, 0.5) is 0 Å². The highest BCUT2D eigenvalue weighted by Gasteiger charge is 2.41. The van der Waals surface area contributed by atoms with E-state index in [0.717, 1.165) is 32.2 Å². The number of hydrogen-bond donors (Lipinski definition) is 5. The van der Waals surface area contributed by atoms with Gasteiger partial charge in [-0.25, -0.2) is 0 Å². The third kappa shape index (κ3) is 18.6. The average Bonchev–Trinajstić information content (AvgIpc) is 3.40. The molecule has 16 heteroatoms. The summed E-state index contributed by atoms with van der Waals surface area (Å²) >= 11 is 1.21. The van der Waals surface area contributed by atoms with E-state index in [0.29, 0.717) is 64.7 Å². The summed E-state index contributed by atoms with van der Waals surface area (Å²) in [5.74, 6) is -1.30. The van der Waals surface area contributed by atoms with Crippen LogP contribution in [0.15, 0.2) is 0 Å². The first-order valence-corrected chi connectivity index (χ1v) is 20.8. The first-order valence-electron chi connectivity index (χ1n) is 19.7. The Hall–Kier alpha value is -2.92. The SMILES string of the molecule is CC(C)NCCOCCOCCCC(=O)CCC(=O)N[C@@H](CCCCNC(=O)[C@H](N)CSC1CC(=O)N(CC2CCC(C(=O)C(C)C)CC2)C1=O)C(N)=O. The number of thioether (sulfide) groups is 1. The predicted molar refractivity (Wildman–Crippen MR) is 207 cm³/mol. The van der Waals surface area contributed by atoms with Crippen molar-refractivity contribution in [3.8, 4) is 0 Å². The lowest BCUT2D eigenvalue weighted by Gasteiger charge is -2.30. The van der Waals surface area contributed by atoms with Crippen LogP contribution in [-0.4, -0.2) is 121 Å². The summed E-state index contributed by atoms with van der Waals surface area (Å²) in [5.41, 5.74) is 11.6. The van der Waals surface area contributed by atoms with Crippen LogP contribution in [0.5, 0.6) is 0 Å². The lowest BCUT2D eigenvalue weighted by molar-refractivity contribution is -0.139. The molecule has 5 amide bonds. The minimum atomic E-state index is -0.894. The highest BCUT2D eigenvalue weighted by Crippen LogP contribution is 2.33. The number of amides is 5. The lowest BCUT2D eigenvalue weighted by Crippen LogP contribution is -2.45. The summed E-state index contributed by atoms with van der Waals surface area (Å²) in [5, 5.41) is 8.04. The molecule has 54 heavy (non-hydrogen) atoms. The van der Waals surface area contributed by atoms with Crippen molar-refractivity contribution < 1.29 is 43.0 Å². The first-order chi connectivity index (χ1) is 25.7. The van der Waals surface area contributed by atoms with Gasteiger partial charge in [0.25, 0.3) is 0 Å². The highest BCUT2D eigenvalue weighted by atomic mass is 32.2. The van der Waals surface area contributed by atoms with E-state index in [2.05, 4.69) is 29.8 Å². The Morgan fingerprint density at radius 2 is 1.56 bits per heavy atom. The van der Waals surface area contributed by atoms with Crippen molar-refractivity contribution in [2.24, 2.45) is 29.2 Å². The number of nitrogens with zero attached hydrogens (tertiary/aromatic N) is 1. The number of nitrogens with one attached hydrogen (secondary N) is 3. The molecule has 2 rings (SSSR count). The molecule has 0 aromatic carbocycles. The molecular weight excluding hydrogens is 717 g/mol. The Balaban J connectivity index is 1.55. The van der Waals surface area contributed by atoms with Gasteiger partial charge in [-0.3, -0.25) is 38.5 Å². The number of hydrogen-bond acceptors (Lipinski definition) is 12.